The van der Waals surface area contributed by atoms with Crippen molar-refractivity contribution in [2.75, 3.05) is 25.1 Å². The summed E-state index contributed by atoms with van der Waals surface area (Å²) in [6, 6.07) is 5.28. The monoisotopic (exact) mass is 368 g/mol. The maximum absolute atomic E-state index is 12.5. The molecular weight excluding hydrogens is 348 g/mol. The zero-order valence-corrected chi connectivity index (χ0v) is 15.4. The Balaban J connectivity index is 1.59. The quantitative estimate of drug-likeness (QED) is 0.662. The van der Waals surface area contributed by atoms with Crippen molar-refractivity contribution in [3.63, 3.8) is 0 Å². The van der Waals surface area contributed by atoms with Gasteiger partial charge in [0.1, 0.15) is 17.1 Å². The van der Waals surface area contributed by atoms with Crippen molar-refractivity contribution in [3.05, 3.63) is 51.8 Å². The normalized spacial score (nSPS) is 14.4. The summed E-state index contributed by atoms with van der Waals surface area (Å²) in [7, 11) is 1.69. The Morgan fingerprint density at radius 3 is 2.74 bits per heavy atom. The highest BCUT2D eigenvalue weighted by Gasteiger charge is 2.27. The van der Waals surface area contributed by atoms with Crippen molar-refractivity contribution >= 4 is 5.69 Å². The number of aromatic nitrogens is 5. The topological polar surface area (TPSA) is 99.2 Å². The molecule has 0 aromatic carbocycles. The van der Waals surface area contributed by atoms with Gasteiger partial charge in [0.25, 0.3) is 5.56 Å². The lowest BCUT2D eigenvalue weighted by molar-refractivity contribution is 0.0787. The van der Waals surface area contributed by atoms with Crippen LogP contribution in [0.2, 0.25) is 0 Å². The van der Waals surface area contributed by atoms with Gasteiger partial charge in [-0.1, -0.05) is 5.16 Å². The van der Waals surface area contributed by atoms with E-state index in [1.165, 1.54) is 4.68 Å². The average Bonchev–Trinajstić information content (AvgIpc) is 2.98. The van der Waals surface area contributed by atoms with Gasteiger partial charge in [-0.25, -0.2) is 4.68 Å². The molecule has 27 heavy (non-hydrogen) atoms. The lowest BCUT2D eigenvalue weighted by Crippen LogP contribution is -2.52. The fourth-order valence-corrected chi connectivity index (χ4v) is 2.97. The van der Waals surface area contributed by atoms with Crippen LogP contribution in [0.5, 0.6) is 0 Å². The van der Waals surface area contributed by atoms with Crippen molar-refractivity contribution in [2.24, 2.45) is 0 Å². The Labute approximate surface area is 155 Å². The van der Waals surface area contributed by atoms with Gasteiger partial charge in [-0.3, -0.25) is 4.79 Å². The molecule has 0 atom stereocenters. The molecule has 1 saturated heterocycles. The molecule has 3 aromatic rings. The minimum atomic E-state index is -0.185. The van der Waals surface area contributed by atoms with Crippen molar-refractivity contribution in [2.45, 2.75) is 26.5 Å². The second kappa shape index (κ2) is 6.92. The lowest BCUT2D eigenvalue weighted by Gasteiger charge is -2.39. The van der Waals surface area contributed by atoms with Crippen molar-refractivity contribution in [3.8, 4) is 11.4 Å². The Kier molecular flexibility index (Phi) is 4.44. The predicted octanol–water partition coefficient (Wildman–Crippen LogP) is 1.19. The number of anilines is 1. The molecule has 3 aromatic heterocycles. The number of nitrogens with zero attached hydrogens (tertiary/aromatic N) is 6. The molecule has 140 valence electrons. The number of hydrogen-bond acceptors (Lipinski definition) is 8. The van der Waals surface area contributed by atoms with Gasteiger partial charge in [0.2, 0.25) is 0 Å². The summed E-state index contributed by atoms with van der Waals surface area (Å²) < 4.78 is 12.0. The molecule has 1 fully saturated rings. The van der Waals surface area contributed by atoms with E-state index >= 15 is 0 Å². The highest BCUT2D eigenvalue weighted by atomic mass is 16.5. The summed E-state index contributed by atoms with van der Waals surface area (Å²) in [5.41, 5.74) is 3.37. The standard InChI is InChI=1S/C18H20N6O3/c1-11-4-5-16(21-20-11)18-15(12(2)27-22-18)10-24-17(25)6-13(7-19-24)23-8-14(9-23)26-3/h4-7,14H,8-10H2,1-3H3. The van der Waals surface area contributed by atoms with Crippen LogP contribution in [0.1, 0.15) is 17.0 Å². The van der Waals surface area contributed by atoms with Crippen LogP contribution >= 0.6 is 0 Å². The van der Waals surface area contributed by atoms with Crippen molar-refractivity contribution in [1.29, 1.82) is 0 Å². The smallest absolute Gasteiger partial charge is 0.269 e. The number of aryl methyl sites for hydroxylation is 2. The number of ether oxygens (including phenoxy) is 1. The van der Waals surface area contributed by atoms with E-state index < -0.39 is 0 Å². The number of methoxy groups -OCH3 is 1. The molecule has 0 N–H and O–H groups in total. The van der Waals surface area contributed by atoms with Crippen LogP contribution < -0.4 is 10.5 Å². The number of hydrogen-bond donors (Lipinski definition) is 0. The van der Waals surface area contributed by atoms with Gasteiger partial charge in [0, 0.05) is 31.8 Å². The third-order valence-electron chi connectivity index (χ3n) is 4.73. The molecular formula is C18H20N6O3. The molecule has 4 rings (SSSR count). The largest absolute Gasteiger partial charge is 0.378 e. The summed E-state index contributed by atoms with van der Waals surface area (Å²) in [5, 5.41) is 16.6. The van der Waals surface area contributed by atoms with Crippen LogP contribution in [0.25, 0.3) is 11.4 Å². The summed E-state index contributed by atoms with van der Waals surface area (Å²) in [4.78, 5) is 14.6. The zero-order chi connectivity index (χ0) is 19.0. The van der Waals surface area contributed by atoms with Gasteiger partial charge < -0.3 is 14.2 Å². The Hall–Kier alpha value is -3.07. The van der Waals surface area contributed by atoms with E-state index in [4.69, 9.17) is 9.26 Å². The molecule has 0 amide bonds. The van der Waals surface area contributed by atoms with Gasteiger partial charge >= 0.3 is 0 Å². The second-order valence-corrected chi connectivity index (χ2v) is 6.60. The van der Waals surface area contributed by atoms with Crippen LogP contribution in [-0.4, -0.2) is 51.4 Å². The molecule has 4 heterocycles. The SMILES string of the molecule is COC1CN(c2cnn(Cc3c(-c4ccc(C)nn4)noc3C)c(=O)c2)C1. The van der Waals surface area contributed by atoms with Crippen LogP contribution in [0.4, 0.5) is 5.69 Å². The van der Waals surface area contributed by atoms with Crippen LogP contribution in [-0.2, 0) is 11.3 Å². The zero-order valence-electron chi connectivity index (χ0n) is 15.4. The molecule has 0 bridgehead atoms. The highest BCUT2D eigenvalue weighted by molar-refractivity contribution is 5.58. The first-order chi connectivity index (χ1) is 13.0. The van der Waals surface area contributed by atoms with Crippen molar-refractivity contribution < 1.29 is 9.26 Å². The molecule has 1 aliphatic rings. The Morgan fingerprint density at radius 1 is 1.26 bits per heavy atom. The number of rotatable bonds is 5. The molecule has 9 heteroatoms. The second-order valence-electron chi connectivity index (χ2n) is 6.60. The third kappa shape index (κ3) is 3.33. The van der Waals surface area contributed by atoms with Gasteiger partial charge in [-0.2, -0.15) is 10.2 Å². The van der Waals surface area contributed by atoms with Gasteiger partial charge in [-0.15, -0.1) is 5.10 Å². The maximum atomic E-state index is 12.5. The minimum absolute atomic E-state index is 0.185. The molecule has 1 aliphatic heterocycles. The van der Waals surface area contributed by atoms with E-state index in [1.54, 1.807) is 26.3 Å². The average molecular weight is 368 g/mol. The molecule has 9 nitrogen and oxygen atoms in total. The van der Waals surface area contributed by atoms with Gasteiger partial charge in [0.05, 0.1) is 30.2 Å². The molecule has 0 aliphatic carbocycles. The molecule has 0 spiro atoms. The fourth-order valence-electron chi connectivity index (χ4n) is 2.97. The Morgan fingerprint density at radius 2 is 2.07 bits per heavy atom. The van der Waals surface area contributed by atoms with E-state index in [9.17, 15) is 4.79 Å². The van der Waals surface area contributed by atoms with E-state index in [1.807, 2.05) is 19.1 Å². The summed E-state index contributed by atoms with van der Waals surface area (Å²) in [5.74, 6) is 0.621. The van der Waals surface area contributed by atoms with E-state index in [0.29, 0.717) is 17.1 Å². The summed E-state index contributed by atoms with van der Waals surface area (Å²) in [6.45, 7) is 5.45. The van der Waals surface area contributed by atoms with Crippen LogP contribution in [0, 0.1) is 13.8 Å². The Bertz CT molecular complexity index is 1000. The van der Waals surface area contributed by atoms with Crippen LogP contribution in [0.3, 0.4) is 0 Å². The predicted molar refractivity (Wildman–Crippen MR) is 97.6 cm³/mol. The minimum Gasteiger partial charge on any atom is -0.378 e. The summed E-state index contributed by atoms with van der Waals surface area (Å²) >= 11 is 0. The summed E-state index contributed by atoms with van der Waals surface area (Å²) in [6.07, 6.45) is 1.91. The van der Waals surface area contributed by atoms with Crippen molar-refractivity contribution in [1.82, 2.24) is 25.1 Å². The van der Waals surface area contributed by atoms with E-state index in [-0.39, 0.29) is 18.2 Å². The third-order valence-corrected chi connectivity index (χ3v) is 4.73. The maximum Gasteiger partial charge on any atom is 0.269 e. The van der Waals surface area contributed by atoms with Gasteiger partial charge in [0.15, 0.2) is 0 Å². The van der Waals surface area contributed by atoms with Crippen LogP contribution in [0.15, 0.2) is 33.7 Å². The fraction of sp³-hybridized carbons (Fsp3) is 0.389. The molecule has 0 radical (unpaired) electrons. The van der Waals surface area contributed by atoms with E-state index in [2.05, 4.69) is 25.4 Å². The van der Waals surface area contributed by atoms with E-state index in [0.717, 1.165) is 30.0 Å². The first kappa shape index (κ1) is 17.3. The highest BCUT2D eigenvalue weighted by Crippen LogP contribution is 2.24. The lowest BCUT2D eigenvalue weighted by atomic mass is 10.1. The van der Waals surface area contributed by atoms with Gasteiger partial charge in [-0.05, 0) is 26.0 Å². The molecule has 0 unspecified atom stereocenters. The first-order valence-corrected chi connectivity index (χ1v) is 8.66. The molecule has 0 saturated carbocycles. The first-order valence-electron chi connectivity index (χ1n) is 8.66.